The zero-order valence-electron chi connectivity index (χ0n) is 15.0. The van der Waals surface area contributed by atoms with E-state index in [1.54, 1.807) is 6.07 Å². The SMILES string of the molecule is CC(NC(=O)c1cnc2ccccc2c1C(F)(F)F)c1cccc(OC(F)F)c1. The van der Waals surface area contributed by atoms with Crippen molar-refractivity contribution in [3.63, 3.8) is 0 Å². The second-order valence-electron chi connectivity index (χ2n) is 6.21. The molecule has 1 aromatic heterocycles. The fourth-order valence-corrected chi connectivity index (χ4v) is 2.94. The van der Waals surface area contributed by atoms with E-state index in [9.17, 15) is 26.7 Å². The van der Waals surface area contributed by atoms with Crippen molar-refractivity contribution in [2.75, 3.05) is 0 Å². The topological polar surface area (TPSA) is 51.2 Å². The molecule has 1 atom stereocenters. The number of halogens is 5. The second kappa shape index (κ2) is 8.02. The zero-order chi connectivity index (χ0) is 21.2. The first-order valence-corrected chi connectivity index (χ1v) is 8.47. The Morgan fingerprint density at radius 1 is 1.10 bits per heavy atom. The third-order valence-electron chi connectivity index (χ3n) is 4.23. The Balaban J connectivity index is 1.92. The summed E-state index contributed by atoms with van der Waals surface area (Å²) >= 11 is 0. The standard InChI is InChI=1S/C20H15F5N2O2/c1-11(12-5-4-6-13(9-12)29-19(21)22)27-18(28)15-10-26-16-8-3-2-7-14(16)17(15)20(23,24)25/h2-11,19H,1H3,(H,27,28). The highest BCUT2D eigenvalue weighted by molar-refractivity contribution is 6.00. The van der Waals surface area contributed by atoms with Gasteiger partial charge in [0, 0.05) is 11.6 Å². The molecule has 0 aliphatic rings. The van der Waals surface area contributed by atoms with Crippen LogP contribution in [0.15, 0.2) is 54.7 Å². The fourth-order valence-electron chi connectivity index (χ4n) is 2.94. The van der Waals surface area contributed by atoms with Crippen LogP contribution in [-0.2, 0) is 6.18 Å². The van der Waals surface area contributed by atoms with Crippen molar-refractivity contribution < 1.29 is 31.5 Å². The summed E-state index contributed by atoms with van der Waals surface area (Å²) in [4.78, 5) is 16.5. The molecule has 0 spiro atoms. The van der Waals surface area contributed by atoms with E-state index in [2.05, 4.69) is 15.0 Å². The lowest BCUT2D eigenvalue weighted by Crippen LogP contribution is -2.29. The molecule has 29 heavy (non-hydrogen) atoms. The normalized spacial score (nSPS) is 12.8. The highest BCUT2D eigenvalue weighted by atomic mass is 19.4. The quantitative estimate of drug-likeness (QED) is 0.578. The molecule has 0 saturated heterocycles. The van der Waals surface area contributed by atoms with Crippen LogP contribution in [0.4, 0.5) is 22.0 Å². The van der Waals surface area contributed by atoms with E-state index in [0.29, 0.717) is 5.56 Å². The van der Waals surface area contributed by atoms with E-state index in [1.807, 2.05) is 0 Å². The van der Waals surface area contributed by atoms with Gasteiger partial charge < -0.3 is 10.1 Å². The molecule has 0 radical (unpaired) electrons. The van der Waals surface area contributed by atoms with Crippen molar-refractivity contribution in [3.8, 4) is 5.75 Å². The van der Waals surface area contributed by atoms with Gasteiger partial charge in [-0.2, -0.15) is 22.0 Å². The maximum absolute atomic E-state index is 13.7. The number of fused-ring (bicyclic) bond motifs is 1. The number of ether oxygens (including phenoxy) is 1. The van der Waals surface area contributed by atoms with Crippen molar-refractivity contribution in [1.29, 1.82) is 0 Å². The van der Waals surface area contributed by atoms with E-state index in [4.69, 9.17) is 0 Å². The van der Waals surface area contributed by atoms with Gasteiger partial charge in [0.2, 0.25) is 0 Å². The van der Waals surface area contributed by atoms with Crippen molar-refractivity contribution >= 4 is 16.8 Å². The monoisotopic (exact) mass is 410 g/mol. The second-order valence-corrected chi connectivity index (χ2v) is 6.21. The first kappa shape index (κ1) is 20.5. The van der Waals surface area contributed by atoms with Gasteiger partial charge in [-0.05, 0) is 30.7 Å². The van der Waals surface area contributed by atoms with Crippen LogP contribution >= 0.6 is 0 Å². The van der Waals surface area contributed by atoms with Crippen molar-refractivity contribution in [2.45, 2.75) is 25.8 Å². The number of rotatable bonds is 5. The van der Waals surface area contributed by atoms with E-state index in [-0.39, 0.29) is 16.7 Å². The highest BCUT2D eigenvalue weighted by Gasteiger charge is 2.37. The highest BCUT2D eigenvalue weighted by Crippen LogP contribution is 2.37. The summed E-state index contributed by atoms with van der Waals surface area (Å²) in [5.74, 6) is -1.11. The van der Waals surface area contributed by atoms with Gasteiger partial charge in [0.15, 0.2) is 0 Å². The van der Waals surface area contributed by atoms with Crippen LogP contribution in [0, 0.1) is 0 Å². The summed E-state index contributed by atoms with van der Waals surface area (Å²) in [6, 6.07) is 10.4. The summed E-state index contributed by atoms with van der Waals surface area (Å²) in [6.45, 7) is -1.51. The van der Waals surface area contributed by atoms with Crippen LogP contribution in [0.1, 0.15) is 34.5 Å². The molecule has 1 N–H and O–H groups in total. The minimum Gasteiger partial charge on any atom is -0.435 e. The lowest BCUT2D eigenvalue weighted by molar-refractivity contribution is -0.136. The smallest absolute Gasteiger partial charge is 0.417 e. The van der Waals surface area contributed by atoms with Crippen LogP contribution in [0.5, 0.6) is 5.75 Å². The molecule has 0 saturated carbocycles. The molecule has 0 aliphatic heterocycles. The Labute approximate surface area is 162 Å². The lowest BCUT2D eigenvalue weighted by Gasteiger charge is -2.18. The molecule has 1 heterocycles. The van der Waals surface area contributed by atoms with Gasteiger partial charge in [-0.15, -0.1) is 0 Å². The Morgan fingerprint density at radius 2 is 1.83 bits per heavy atom. The van der Waals surface area contributed by atoms with Gasteiger partial charge in [-0.3, -0.25) is 9.78 Å². The summed E-state index contributed by atoms with van der Waals surface area (Å²) < 4.78 is 70.1. The molecule has 9 heteroatoms. The number of amides is 1. The number of alkyl halides is 5. The van der Waals surface area contributed by atoms with Gasteiger partial charge >= 0.3 is 12.8 Å². The van der Waals surface area contributed by atoms with Crippen LogP contribution in [0.25, 0.3) is 10.9 Å². The molecule has 1 amide bonds. The molecule has 152 valence electrons. The van der Waals surface area contributed by atoms with Gasteiger partial charge in [0.05, 0.1) is 22.7 Å². The molecular formula is C20H15F5N2O2. The van der Waals surface area contributed by atoms with Crippen molar-refractivity contribution in [3.05, 3.63) is 71.4 Å². The Kier molecular flexibility index (Phi) is 5.67. The van der Waals surface area contributed by atoms with Crippen molar-refractivity contribution in [2.24, 2.45) is 0 Å². The molecule has 0 bridgehead atoms. The largest absolute Gasteiger partial charge is 0.435 e. The van der Waals surface area contributed by atoms with E-state index >= 15 is 0 Å². The predicted octanol–water partition coefficient (Wildman–Crippen LogP) is 5.35. The summed E-state index contributed by atoms with van der Waals surface area (Å²) in [5.41, 5.74) is -1.20. The third-order valence-corrected chi connectivity index (χ3v) is 4.23. The molecule has 4 nitrogen and oxygen atoms in total. The third kappa shape index (κ3) is 4.61. The first-order chi connectivity index (χ1) is 13.7. The van der Waals surface area contributed by atoms with Crippen LogP contribution in [0.2, 0.25) is 0 Å². The molecule has 1 unspecified atom stereocenters. The Hall–Kier alpha value is -3.23. The number of pyridine rings is 1. The molecule has 2 aromatic carbocycles. The number of hydrogen-bond donors (Lipinski definition) is 1. The maximum atomic E-state index is 13.7. The number of para-hydroxylation sites is 1. The lowest BCUT2D eigenvalue weighted by atomic mass is 10.0. The number of carbonyl (C=O) groups is 1. The number of nitrogens with one attached hydrogen (secondary N) is 1. The predicted molar refractivity (Wildman–Crippen MR) is 95.7 cm³/mol. The van der Waals surface area contributed by atoms with Gasteiger partial charge in [0.25, 0.3) is 5.91 Å². The first-order valence-electron chi connectivity index (χ1n) is 8.47. The van der Waals surface area contributed by atoms with E-state index in [0.717, 1.165) is 6.20 Å². The molecule has 0 aliphatic carbocycles. The maximum Gasteiger partial charge on any atom is 0.417 e. The van der Waals surface area contributed by atoms with Crippen LogP contribution in [-0.4, -0.2) is 17.5 Å². The summed E-state index contributed by atoms with van der Waals surface area (Å²) in [5, 5.41) is 2.26. The Morgan fingerprint density at radius 3 is 2.52 bits per heavy atom. The van der Waals surface area contributed by atoms with Crippen molar-refractivity contribution in [1.82, 2.24) is 10.3 Å². The molecule has 3 aromatic rings. The zero-order valence-corrected chi connectivity index (χ0v) is 15.0. The summed E-state index contributed by atoms with van der Waals surface area (Å²) in [7, 11) is 0. The number of carbonyl (C=O) groups excluding carboxylic acids is 1. The van der Waals surface area contributed by atoms with E-state index in [1.165, 1.54) is 49.4 Å². The van der Waals surface area contributed by atoms with E-state index < -0.39 is 35.9 Å². The number of aromatic nitrogens is 1. The number of hydrogen-bond acceptors (Lipinski definition) is 3. The molecule has 0 fully saturated rings. The molecular weight excluding hydrogens is 395 g/mol. The molecule has 3 rings (SSSR count). The summed E-state index contributed by atoms with van der Waals surface area (Å²) in [6.07, 6.45) is -3.90. The minimum absolute atomic E-state index is 0.112. The van der Waals surface area contributed by atoms with Gasteiger partial charge in [0.1, 0.15) is 5.75 Å². The van der Waals surface area contributed by atoms with Gasteiger partial charge in [-0.1, -0.05) is 30.3 Å². The average Bonchev–Trinajstić information content (AvgIpc) is 2.65. The van der Waals surface area contributed by atoms with Crippen LogP contribution < -0.4 is 10.1 Å². The van der Waals surface area contributed by atoms with Gasteiger partial charge in [-0.25, -0.2) is 0 Å². The Bertz CT molecular complexity index is 1040. The fraction of sp³-hybridized carbons (Fsp3) is 0.200. The minimum atomic E-state index is -4.77. The number of benzene rings is 2. The number of nitrogens with zero attached hydrogens (tertiary/aromatic N) is 1. The average molecular weight is 410 g/mol. The van der Waals surface area contributed by atoms with Crippen LogP contribution in [0.3, 0.4) is 0 Å².